The van der Waals surface area contributed by atoms with E-state index in [1.807, 2.05) is 19.2 Å². The van der Waals surface area contributed by atoms with Crippen molar-refractivity contribution in [3.8, 4) is 0 Å². The van der Waals surface area contributed by atoms with E-state index in [0.717, 1.165) is 6.29 Å². The fourth-order valence-electron chi connectivity index (χ4n) is 0.753. The molecule has 0 fully saturated rings. The highest BCUT2D eigenvalue weighted by Crippen LogP contribution is 2.07. The summed E-state index contributed by atoms with van der Waals surface area (Å²) in [4.78, 5) is 10.1. The first-order chi connectivity index (χ1) is 3.84. The van der Waals surface area contributed by atoms with Gasteiger partial charge in [0.1, 0.15) is 6.29 Å². The lowest BCUT2D eigenvalue weighted by Gasteiger charge is -2.05. The van der Waals surface area contributed by atoms with Gasteiger partial charge in [-0.25, -0.2) is 0 Å². The molecule has 0 aliphatic carbocycles. The van der Waals surface area contributed by atoms with E-state index in [-0.39, 0.29) is 6.04 Å². The molecule has 2 unspecified atom stereocenters. The van der Waals surface area contributed by atoms with Crippen LogP contribution in [0.5, 0.6) is 0 Å². The summed E-state index contributed by atoms with van der Waals surface area (Å²) in [5.74, 6) is 0.368. The molecule has 0 spiro atoms. The maximum Gasteiger partial charge on any atom is 0.142 e. The number of carbonyl (C=O) groups is 1. The Morgan fingerprint density at radius 2 is 2.50 bits per heavy atom. The molecule has 1 N–H and O–H groups in total. The van der Waals surface area contributed by atoms with Gasteiger partial charge in [0.05, 0.1) is 6.04 Å². The van der Waals surface area contributed by atoms with Crippen LogP contribution < -0.4 is 5.32 Å². The maximum absolute atomic E-state index is 10.1. The Balaban J connectivity index is 2.50. The SMILES string of the molecule is CC1C=CNC1C=O. The van der Waals surface area contributed by atoms with Crippen molar-refractivity contribution in [1.82, 2.24) is 5.32 Å². The van der Waals surface area contributed by atoms with Crippen LogP contribution in [0.3, 0.4) is 0 Å². The number of carbonyl (C=O) groups excluding carboxylic acids is 1. The largest absolute Gasteiger partial charge is 0.381 e. The summed E-state index contributed by atoms with van der Waals surface area (Å²) in [6.07, 6.45) is 4.74. The van der Waals surface area contributed by atoms with Gasteiger partial charge in [0.25, 0.3) is 0 Å². The van der Waals surface area contributed by atoms with Gasteiger partial charge >= 0.3 is 0 Å². The lowest BCUT2D eigenvalue weighted by molar-refractivity contribution is -0.109. The van der Waals surface area contributed by atoms with Gasteiger partial charge in [0.15, 0.2) is 0 Å². The quantitative estimate of drug-likeness (QED) is 0.493. The minimum atomic E-state index is 0.0231. The molecule has 1 heterocycles. The molecule has 44 valence electrons. The molecule has 1 aliphatic rings. The number of aldehydes is 1. The molecule has 1 rings (SSSR count). The Hall–Kier alpha value is -0.790. The third-order valence-electron chi connectivity index (χ3n) is 1.40. The molecule has 0 aromatic heterocycles. The summed E-state index contributed by atoms with van der Waals surface area (Å²) >= 11 is 0. The summed E-state index contributed by atoms with van der Waals surface area (Å²) in [6, 6.07) is 0.0231. The predicted molar refractivity (Wildman–Crippen MR) is 31.3 cm³/mol. The number of rotatable bonds is 1. The molecule has 8 heavy (non-hydrogen) atoms. The summed E-state index contributed by atoms with van der Waals surface area (Å²) in [5, 5.41) is 2.91. The number of hydrogen-bond acceptors (Lipinski definition) is 2. The van der Waals surface area contributed by atoms with Crippen LogP contribution in [0.15, 0.2) is 12.3 Å². The van der Waals surface area contributed by atoms with E-state index in [4.69, 9.17) is 0 Å². The Kier molecular flexibility index (Phi) is 1.33. The van der Waals surface area contributed by atoms with Crippen LogP contribution in [0.4, 0.5) is 0 Å². The van der Waals surface area contributed by atoms with Crippen molar-refractivity contribution in [3.05, 3.63) is 12.3 Å². The molecule has 0 saturated carbocycles. The van der Waals surface area contributed by atoms with E-state index >= 15 is 0 Å². The summed E-state index contributed by atoms with van der Waals surface area (Å²) in [5.41, 5.74) is 0. The zero-order valence-corrected chi connectivity index (χ0v) is 4.79. The topological polar surface area (TPSA) is 29.1 Å². The average Bonchev–Trinajstić information content (AvgIpc) is 2.14. The monoisotopic (exact) mass is 111 g/mol. The molecule has 1 aliphatic heterocycles. The van der Waals surface area contributed by atoms with Crippen LogP contribution in [0.1, 0.15) is 6.92 Å². The van der Waals surface area contributed by atoms with Crippen LogP contribution in [-0.2, 0) is 4.79 Å². The van der Waals surface area contributed by atoms with E-state index in [9.17, 15) is 4.79 Å². The van der Waals surface area contributed by atoms with Gasteiger partial charge in [-0.15, -0.1) is 0 Å². The van der Waals surface area contributed by atoms with E-state index in [2.05, 4.69) is 5.32 Å². The molecule has 0 amide bonds. The summed E-state index contributed by atoms with van der Waals surface area (Å²) in [6.45, 7) is 2.01. The molecular weight excluding hydrogens is 102 g/mol. The predicted octanol–water partition coefficient (Wildman–Crippen LogP) is 0.307. The van der Waals surface area contributed by atoms with Crippen molar-refractivity contribution < 1.29 is 4.79 Å². The van der Waals surface area contributed by atoms with Crippen LogP contribution in [0, 0.1) is 5.92 Å². The highest BCUT2D eigenvalue weighted by atomic mass is 16.1. The van der Waals surface area contributed by atoms with Gasteiger partial charge in [-0.05, 0) is 6.20 Å². The van der Waals surface area contributed by atoms with Crippen molar-refractivity contribution in [2.45, 2.75) is 13.0 Å². The molecule has 2 atom stereocenters. The molecule has 2 heteroatoms. The van der Waals surface area contributed by atoms with Crippen molar-refractivity contribution in [3.63, 3.8) is 0 Å². The van der Waals surface area contributed by atoms with Gasteiger partial charge in [0.2, 0.25) is 0 Å². The molecule has 2 nitrogen and oxygen atoms in total. The standard InChI is InChI=1S/C6H9NO/c1-5-2-3-7-6(5)4-8/h2-7H,1H3. The molecule has 0 saturated heterocycles. The first-order valence-corrected chi connectivity index (χ1v) is 2.72. The minimum absolute atomic E-state index is 0.0231. The number of hydrogen-bond donors (Lipinski definition) is 1. The fraction of sp³-hybridized carbons (Fsp3) is 0.500. The van der Waals surface area contributed by atoms with Gasteiger partial charge in [-0.1, -0.05) is 13.0 Å². The lowest BCUT2D eigenvalue weighted by Crippen LogP contribution is -2.26. The van der Waals surface area contributed by atoms with Crippen LogP contribution in [0.25, 0.3) is 0 Å². The van der Waals surface area contributed by atoms with Crippen molar-refractivity contribution >= 4 is 6.29 Å². The summed E-state index contributed by atoms with van der Waals surface area (Å²) < 4.78 is 0. The van der Waals surface area contributed by atoms with Gasteiger partial charge in [-0.2, -0.15) is 0 Å². The normalized spacial score (nSPS) is 34.6. The van der Waals surface area contributed by atoms with E-state index in [1.54, 1.807) is 0 Å². The first kappa shape index (κ1) is 5.35. The van der Waals surface area contributed by atoms with Crippen molar-refractivity contribution in [2.75, 3.05) is 0 Å². The fourth-order valence-corrected chi connectivity index (χ4v) is 0.753. The zero-order chi connectivity index (χ0) is 5.98. The van der Waals surface area contributed by atoms with Gasteiger partial charge in [0, 0.05) is 5.92 Å². The Morgan fingerprint density at radius 1 is 1.75 bits per heavy atom. The average molecular weight is 111 g/mol. The van der Waals surface area contributed by atoms with E-state index in [0.29, 0.717) is 5.92 Å². The Labute approximate surface area is 48.6 Å². The van der Waals surface area contributed by atoms with Crippen molar-refractivity contribution in [1.29, 1.82) is 0 Å². The minimum Gasteiger partial charge on any atom is -0.381 e. The third-order valence-corrected chi connectivity index (χ3v) is 1.40. The van der Waals surface area contributed by atoms with Crippen LogP contribution >= 0.6 is 0 Å². The second-order valence-corrected chi connectivity index (χ2v) is 2.05. The Bertz CT molecular complexity index is 120. The molecule has 0 aromatic carbocycles. The second kappa shape index (κ2) is 1.99. The van der Waals surface area contributed by atoms with Gasteiger partial charge in [-0.3, -0.25) is 0 Å². The molecular formula is C6H9NO. The van der Waals surface area contributed by atoms with Crippen molar-refractivity contribution in [2.24, 2.45) is 5.92 Å². The smallest absolute Gasteiger partial charge is 0.142 e. The highest BCUT2D eigenvalue weighted by Gasteiger charge is 2.15. The van der Waals surface area contributed by atoms with E-state index in [1.165, 1.54) is 0 Å². The van der Waals surface area contributed by atoms with Crippen LogP contribution in [0.2, 0.25) is 0 Å². The molecule has 0 aromatic rings. The first-order valence-electron chi connectivity index (χ1n) is 2.72. The van der Waals surface area contributed by atoms with Crippen LogP contribution in [-0.4, -0.2) is 12.3 Å². The third kappa shape index (κ3) is 0.735. The summed E-state index contributed by atoms with van der Waals surface area (Å²) in [7, 11) is 0. The zero-order valence-electron chi connectivity index (χ0n) is 4.79. The molecule has 0 bridgehead atoms. The van der Waals surface area contributed by atoms with Gasteiger partial charge < -0.3 is 10.1 Å². The number of nitrogens with one attached hydrogen (secondary N) is 1. The lowest BCUT2D eigenvalue weighted by atomic mass is 10.1. The molecule has 0 radical (unpaired) electrons. The highest BCUT2D eigenvalue weighted by molar-refractivity contribution is 5.59. The van der Waals surface area contributed by atoms with E-state index < -0.39 is 0 Å². The second-order valence-electron chi connectivity index (χ2n) is 2.05. The Morgan fingerprint density at radius 3 is 2.75 bits per heavy atom. The maximum atomic E-state index is 10.1.